The van der Waals surface area contributed by atoms with Gasteiger partial charge in [0.15, 0.2) is 0 Å². The van der Waals surface area contributed by atoms with Crippen LogP contribution in [-0.4, -0.2) is 43.5 Å². The van der Waals surface area contributed by atoms with Gasteiger partial charge in [0.2, 0.25) is 0 Å². The fourth-order valence-corrected chi connectivity index (χ4v) is 18.9. The van der Waals surface area contributed by atoms with E-state index in [0.717, 1.165) is 0 Å². The van der Waals surface area contributed by atoms with Gasteiger partial charge >= 0.3 is 178 Å². The van der Waals surface area contributed by atoms with Crippen LogP contribution in [-0.2, 0) is 19.1 Å². The van der Waals surface area contributed by atoms with Crippen molar-refractivity contribution in [2.45, 2.75) is 97.3 Å². The van der Waals surface area contributed by atoms with Crippen LogP contribution in [0.2, 0.25) is 17.7 Å². The second-order valence-electron chi connectivity index (χ2n) is 7.78. The zero-order valence-electron chi connectivity index (χ0n) is 19.1. The predicted octanol–water partition coefficient (Wildman–Crippen LogP) is 6.52. The molecule has 0 aromatic carbocycles. The molecule has 0 unspecified atom stereocenters. The van der Waals surface area contributed by atoms with Gasteiger partial charge in [-0.15, -0.1) is 0 Å². The van der Waals surface area contributed by atoms with Crippen LogP contribution in [0, 0.1) is 5.92 Å². The van der Waals surface area contributed by atoms with E-state index in [1.54, 1.807) is 13.8 Å². The van der Waals surface area contributed by atoms with Crippen LogP contribution in [0.25, 0.3) is 0 Å². The normalized spacial score (nSPS) is 11.9. The van der Waals surface area contributed by atoms with E-state index in [-0.39, 0.29) is 13.2 Å². The van der Waals surface area contributed by atoms with Gasteiger partial charge in [0.25, 0.3) is 0 Å². The van der Waals surface area contributed by atoms with Crippen LogP contribution in [0.1, 0.15) is 79.6 Å². The van der Waals surface area contributed by atoms with Crippen molar-refractivity contribution in [2.24, 2.45) is 5.92 Å². The summed E-state index contributed by atoms with van der Waals surface area (Å²) in [5, 5.41) is 0. The van der Waals surface area contributed by atoms with Gasteiger partial charge < -0.3 is 0 Å². The number of rotatable bonds is 17. The van der Waals surface area contributed by atoms with Crippen molar-refractivity contribution < 1.29 is 19.1 Å². The Labute approximate surface area is 177 Å². The Hall–Kier alpha value is -0.521. The van der Waals surface area contributed by atoms with E-state index >= 15 is 0 Å². The summed E-state index contributed by atoms with van der Waals surface area (Å²) < 4.78 is 15.8. The van der Waals surface area contributed by atoms with E-state index in [9.17, 15) is 9.59 Å². The van der Waals surface area contributed by atoms with Gasteiger partial charge in [-0.25, -0.2) is 0 Å². The second kappa shape index (κ2) is 17.3. The molecule has 4 nitrogen and oxygen atoms in total. The van der Waals surface area contributed by atoms with E-state index < -0.39 is 36.2 Å². The second-order valence-corrected chi connectivity index (χ2v) is 21.8. The fourth-order valence-electron chi connectivity index (χ4n) is 3.68. The average molecular weight is 503 g/mol. The first-order valence-electron chi connectivity index (χ1n) is 11.5. The van der Waals surface area contributed by atoms with Crippen molar-refractivity contribution >= 4 is 30.3 Å². The van der Waals surface area contributed by atoms with Crippen molar-refractivity contribution in [1.82, 2.24) is 0 Å². The molecule has 0 atom stereocenters. The number of allylic oxidation sites excluding steroid dienone is 2. The third-order valence-electron chi connectivity index (χ3n) is 5.41. The summed E-state index contributed by atoms with van der Waals surface area (Å²) in [6.07, 6.45) is 12.6. The van der Waals surface area contributed by atoms with Gasteiger partial charge in [0.05, 0.1) is 0 Å². The number of hydrogen-bond acceptors (Lipinski definition) is 4. The summed E-state index contributed by atoms with van der Waals surface area (Å²) in [6.45, 7) is 10.9. The summed E-state index contributed by atoms with van der Waals surface area (Å²) in [5.41, 5.74) is 0. The Kier molecular flexibility index (Phi) is 17.0. The molecule has 0 aliphatic rings. The Morgan fingerprint density at radius 1 is 0.750 bits per heavy atom. The molecule has 164 valence electrons. The minimum atomic E-state index is -2.20. The maximum atomic E-state index is 12.1. The molecule has 0 saturated carbocycles. The van der Waals surface area contributed by atoms with Gasteiger partial charge in [-0.3, -0.25) is 0 Å². The predicted molar refractivity (Wildman–Crippen MR) is 120 cm³/mol. The van der Waals surface area contributed by atoms with Gasteiger partial charge in [-0.1, -0.05) is 0 Å². The van der Waals surface area contributed by atoms with E-state index in [1.165, 1.54) is 56.3 Å². The summed E-state index contributed by atoms with van der Waals surface area (Å²) in [5.74, 6) is -1.77. The fraction of sp³-hybridized carbons (Fsp3) is 0.826. The molecule has 0 N–H and O–H groups in total. The molecule has 0 bridgehead atoms. The number of unbranched alkanes of at least 4 members (excludes halogenated alkanes) is 3. The van der Waals surface area contributed by atoms with Gasteiger partial charge in [-0.05, 0) is 0 Å². The van der Waals surface area contributed by atoms with E-state index in [2.05, 4.69) is 26.8 Å². The average Bonchev–Trinajstić information content (AvgIpc) is 2.68. The molecular formula is C23H44O4Sn. The van der Waals surface area contributed by atoms with Gasteiger partial charge in [0.1, 0.15) is 0 Å². The van der Waals surface area contributed by atoms with Crippen LogP contribution in [0.5, 0.6) is 0 Å². The van der Waals surface area contributed by atoms with E-state index in [4.69, 9.17) is 9.47 Å². The van der Waals surface area contributed by atoms with Crippen molar-refractivity contribution in [2.75, 3.05) is 13.2 Å². The van der Waals surface area contributed by atoms with Crippen LogP contribution in [0.4, 0.5) is 0 Å². The van der Waals surface area contributed by atoms with Gasteiger partial charge in [-0.2, -0.15) is 0 Å². The van der Waals surface area contributed by atoms with Crippen molar-refractivity contribution in [3.63, 3.8) is 0 Å². The molecule has 0 spiro atoms. The van der Waals surface area contributed by atoms with Crippen molar-refractivity contribution in [3.8, 4) is 0 Å². The molecule has 0 aromatic heterocycles. The molecule has 0 radical (unpaired) electrons. The molecule has 0 aromatic rings. The Morgan fingerprint density at radius 2 is 1.18 bits per heavy atom. The number of carbonyl (C=O) groups excluding carboxylic acids is 2. The monoisotopic (exact) mass is 504 g/mol. The quantitative estimate of drug-likeness (QED) is 0.0982. The Bertz CT molecular complexity index is 408. The molecule has 0 aliphatic heterocycles. The molecule has 0 heterocycles. The van der Waals surface area contributed by atoms with E-state index in [1.807, 2.05) is 6.08 Å². The first-order chi connectivity index (χ1) is 13.5. The van der Waals surface area contributed by atoms with Crippen molar-refractivity contribution in [1.29, 1.82) is 0 Å². The summed E-state index contributed by atoms with van der Waals surface area (Å²) in [7, 11) is 0. The van der Waals surface area contributed by atoms with Crippen LogP contribution in [0.3, 0.4) is 0 Å². The van der Waals surface area contributed by atoms with Gasteiger partial charge in [0, 0.05) is 0 Å². The first kappa shape index (κ1) is 27.5. The third-order valence-corrected chi connectivity index (χ3v) is 20.7. The molecule has 0 aliphatic carbocycles. The Balaban J connectivity index is 5.10. The summed E-state index contributed by atoms with van der Waals surface area (Å²) in [4.78, 5) is 24.3. The number of ether oxygens (including phenoxy) is 2. The molecular weight excluding hydrogens is 459 g/mol. The standard InChI is InChI=1S/C11H17O4.3C4H9.Sn/c1-4-7-8-9(10(12)14-5-2)11(13)15-6-3;3*1-3-4-2;/h4,7,9H,1,5-6,8H2,2-3H3;3*1,3-4H2,2H3;/b7-4+;;;;. The van der Waals surface area contributed by atoms with Crippen LogP contribution < -0.4 is 0 Å². The number of esters is 2. The molecule has 0 saturated heterocycles. The molecule has 0 fully saturated rings. The molecule has 0 rings (SSSR count). The summed E-state index contributed by atoms with van der Waals surface area (Å²) >= 11 is -2.20. The minimum absolute atomic E-state index is 0.281. The molecule has 5 heteroatoms. The first-order valence-corrected chi connectivity index (χ1v) is 19.6. The molecule has 0 amide bonds. The topological polar surface area (TPSA) is 52.6 Å². The molecule has 28 heavy (non-hydrogen) atoms. The van der Waals surface area contributed by atoms with Crippen LogP contribution in [0.15, 0.2) is 12.2 Å². The van der Waals surface area contributed by atoms with Crippen molar-refractivity contribution in [3.05, 3.63) is 12.2 Å². The third kappa shape index (κ3) is 11.5. The number of hydrogen-bond donors (Lipinski definition) is 0. The number of carbonyl (C=O) groups is 2. The zero-order chi connectivity index (χ0) is 21.3. The maximum absolute atomic E-state index is 12.1. The SMILES string of the molecule is CCC[CH2][Sn]([CH2]/C=C/CC(C(=O)OCC)C(=O)OCC)([CH2]CCC)[CH2]CCC. The van der Waals surface area contributed by atoms with Crippen LogP contribution >= 0.6 is 0 Å². The zero-order valence-corrected chi connectivity index (χ0v) is 21.9. The Morgan fingerprint density at radius 3 is 1.54 bits per heavy atom. The van der Waals surface area contributed by atoms with E-state index in [0.29, 0.717) is 6.42 Å². The summed E-state index contributed by atoms with van der Waals surface area (Å²) in [6, 6.07) is 0.